The van der Waals surface area contributed by atoms with E-state index in [1.165, 1.54) is 77.0 Å². The van der Waals surface area contributed by atoms with Gasteiger partial charge in [0.2, 0.25) is 0 Å². The Kier molecular flexibility index (Phi) is 33.9. The standard InChI is InChI=1S/C44H80O12S/c1-3-5-7-9-11-13-15-17-19-21-23-25-27-29-31-33-40(46)54-38(37-53-44-42(48)43(56-57(49,50)51)41(47)39(35-45)55-44)36-52-34-32-30-28-26-24-22-20-18-16-14-12-10-8-6-4-2/h5,7,11,13,17,19,38-39,41-45,47-48H,3-4,6,8-10,12,14-16,18,20-37H2,1-2H3,(H,49,50,51)/b7-5-,13-11-,19-17-. The Morgan fingerprint density at radius 2 is 1.21 bits per heavy atom. The van der Waals surface area contributed by atoms with Crippen LogP contribution in [0.5, 0.6) is 0 Å². The van der Waals surface area contributed by atoms with Gasteiger partial charge in [0.05, 0.1) is 19.8 Å². The highest BCUT2D eigenvalue weighted by Gasteiger charge is 2.48. The zero-order chi connectivity index (χ0) is 41.8. The van der Waals surface area contributed by atoms with E-state index >= 15 is 0 Å². The highest BCUT2D eigenvalue weighted by atomic mass is 32.3. The van der Waals surface area contributed by atoms with Crippen LogP contribution in [0.15, 0.2) is 36.5 Å². The Labute approximate surface area is 345 Å². The average molecular weight is 833 g/mol. The van der Waals surface area contributed by atoms with Gasteiger partial charge in [-0.05, 0) is 44.9 Å². The molecule has 334 valence electrons. The summed E-state index contributed by atoms with van der Waals surface area (Å²) in [4.78, 5) is 12.8. The van der Waals surface area contributed by atoms with Crippen molar-refractivity contribution in [3.05, 3.63) is 36.5 Å². The van der Waals surface area contributed by atoms with Gasteiger partial charge in [-0.15, -0.1) is 0 Å². The van der Waals surface area contributed by atoms with Gasteiger partial charge >= 0.3 is 16.4 Å². The highest BCUT2D eigenvalue weighted by molar-refractivity contribution is 7.80. The zero-order valence-electron chi connectivity index (χ0n) is 35.4. The average Bonchev–Trinajstić information content (AvgIpc) is 3.18. The van der Waals surface area contributed by atoms with Crippen molar-refractivity contribution in [3.63, 3.8) is 0 Å². The van der Waals surface area contributed by atoms with Gasteiger partial charge in [-0.1, -0.05) is 159 Å². The Morgan fingerprint density at radius 3 is 1.77 bits per heavy atom. The fraction of sp³-hybridized carbons (Fsp3) is 0.841. The molecule has 57 heavy (non-hydrogen) atoms. The molecule has 0 aromatic rings. The Bertz CT molecular complexity index is 1140. The lowest BCUT2D eigenvalue weighted by Crippen LogP contribution is -2.60. The van der Waals surface area contributed by atoms with Gasteiger partial charge in [-0.3, -0.25) is 9.35 Å². The number of carbonyl (C=O) groups is 1. The van der Waals surface area contributed by atoms with E-state index in [-0.39, 0.29) is 19.6 Å². The molecule has 1 rings (SSSR count). The molecule has 6 atom stereocenters. The highest BCUT2D eigenvalue weighted by Crippen LogP contribution is 2.26. The summed E-state index contributed by atoms with van der Waals surface area (Å²) >= 11 is 0. The number of allylic oxidation sites excluding steroid dienone is 6. The van der Waals surface area contributed by atoms with Crippen molar-refractivity contribution in [1.82, 2.24) is 0 Å². The third-order valence-electron chi connectivity index (χ3n) is 10.0. The first-order valence-corrected chi connectivity index (χ1v) is 23.6. The summed E-state index contributed by atoms with van der Waals surface area (Å²) in [5.74, 6) is -0.415. The van der Waals surface area contributed by atoms with E-state index in [0.29, 0.717) is 13.0 Å². The van der Waals surface area contributed by atoms with Crippen LogP contribution in [0.3, 0.4) is 0 Å². The number of carbonyl (C=O) groups excluding carboxylic acids is 1. The quantitative estimate of drug-likeness (QED) is 0.0201. The number of hydrogen-bond acceptors (Lipinski definition) is 11. The summed E-state index contributed by atoms with van der Waals surface area (Å²) in [6.07, 6.45) is 31.8. The van der Waals surface area contributed by atoms with E-state index < -0.39 is 59.8 Å². The first-order valence-electron chi connectivity index (χ1n) is 22.2. The number of esters is 1. The van der Waals surface area contributed by atoms with Crippen molar-refractivity contribution in [1.29, 1.82) is 0 Å². The van der Waals surface area contributed by atoms with E-state index in [0.717, 1.165) is 70.6 Å². The van der Waals surface area contributed by atoms with Gasteiger partial charge in [-0.25, -0.2) is 4.18 Å². The SMILES string of the molecule is CC/C=C\C/C=C\C/C=C\CCCCCCCC(=O)OC(COCCCCCCCCCCCCCCCCC)COC1OC(CO)C(O)C(OS(=O)(=O)O)C1O. The molecule has 0 amide bonds. The molecule has 1 aliphatic heterocycles. The Balaban J connectivity index is 2.45. The fourth-order valence-electron chi connectivity index (χ4n) is 6.69. The summed E-state index contributed by atoms with van der Waals surface area (Å²) in [5.41, 5.74) is 0. The van der Waals surface area contributed by atoms with Gasteiger partial charge in [0.1, 0.15) is 30.5 Å². The number of hydrogen-bond donors (Lipinski definition) is 4. The Hall–Kier alpha value is -1.68. The predicted molar refractivity (Wildman–Crippen MR) is 225 cm³/mol. The topological polar surface area (TPSA) is 178 Å². The van der Waals surface area contributed by atoms with Crippen LogP contribution in [0.1, 0.15) is 174 Å². The minimum absolute atomic E-state index is 0.0311. The first kappa shape index (κ1) is 53.3. The van der Waals surface area contributed by atoms with Crippen LogP contribution in [0, 0.1) is 0 Å². The molecular formula is C44H80O12S. The van der Waals surface area contributed by atoms with E-state index in [9.17, 15) is 28.5 Å². The third-order valence-corrected chi connectivity index (χ3v) is 10.5. The van der Waals surface area contributed by atoms with Crippen LogP contribution < -0.4 is 0 Å². The maximum Gasteiger partial charge on any atom is 0.397 e. The van der Waals surface area contributed by atoms with Crippen LogP contribution in [0.4, 0.5) is 0 Å². The number of ether oxygens (including phenoxy) is 4. The number of aliphatic hydroxyl groups is 3. The lowest BCUT2D eigenvalue weighted by atomic mass is 9.99. The second kappa shape index (κ2) is 36.2. The fourth-order valence-corrected chi connectivity index (χ4v) is 7.20. The lowest BCUT2D eigenvalue weighted by Gasteiger charge is -2.41. The molecule has 0 radical (unpaired) electrons. The minimum atomic E-state index is -5.06. The van der Waals surface area contributed by atoms with Crippen LogP contribution in [-0.4, -0.2) is 97.5 Å². The summed E-state index contributed by atoms with van der Waals surface area (Å²) in [5, 5.41) is 30.6. The van der Waals surface area contributed by atoms with Crippen molar-refractivity contribution in [2.45, 2.75) is 211 Å². The largest absolute Gasteiger partial charge is 0.457 e. The van der Waals surface area contributed by atoms with Crippen molar-refractivity contribution < 1.29 is 56.2 Å². The van der Waals surface area contributed by atoms with Gasteiger partial charge < -0.3 is 34.3 Å². The van der Waals surface area contributed by atoms with Crippen LogP contribution in [-0.2, 0) is 38.3 Å². The summed E-state index contributed by atoms with van der Waals surface area (Å²) in [7, 11) is -5.06. The van der Waals surface area contributed by atoms with E-state index in [1.54, 1.807) is 0 Å². The van der Waals surface area contributed by atoms with Gasteiger partial charge in [-0.2, -0.15) is 8.42 Å². The molecule has 1 fully saturated rings. The third kappa shape index (κ3) is 30.1. The van der Waals surface area contributed by atoms with Gasteiger partial charge in [0, 0.05) is 13.0 Å². The van der Waals surface area contributed by atoms with E-state index in [4.69, 9.17) is 23.5 Å². The van der Waals surface area contributed by atoms with Crippen LogP contribution >= 0.6 is 0 Å². The molecule has 0 bridgehead atoms. The molecule has 13 heteroatoms. The van der Waals surface area contributed by atoms with Gasteiger partial charge in [0.25, 0.3) is 0 Å². The number of unbranched alkanes of at least 4 members (excludes halogenated alkanes) is 19. The summed E-state index contributed by atoms with van der Waals surface area (Å²) in [6, 6.07) is 0. The van der Waals surface area contributed by atoms with Crippen molar-refractivity contribution in [3.8, 4) is 0 Å². The molecule has 6 unspecified atom stereocenters. The molecule has 0 saturated carbocycles. The maximum atomic E-state index is 12.8. The monoisotopic (exact) mass is 833 g/mol. The Morgan fingerprint density at radius 1 is 0.684 bits per heavy atom. The molecule has 12 nitrogen and oxygen atoms in total. The molecule has 0 aromatic carbocycles. The normalized spacial score (nSPS) is 21.0. The second-order valence-corrected chi connectivity index (χ2v) is 16.3. The minimum Gasteiger partial charge on any atom is -0.457 e. The van der Waals surface area contributed by atoms with Crippen molar-refractivity contribution in [2.24, 2.45) is 0 Å². The molecule has 1 heterocycles. The molecule has 0 spiro atoms. The molecule has 0 aromatic heterocycles. The van der Waals surface area contributed by atoms with Crippen molar-refractivity contribution >= 4 is 16.4 Å². The van der Waals surface area contributed by atoms with Crippen LogP contribution in [0.2, 0.25) is 0 Å². The van der Waals surface area contributed by atoms with E-state index in [1.807, 2.05) is 0 Å². The summed E-state index contributed by atoms with van der Waals surface area (Å²) < 4.78 is 59.0. The smallest absolute Gasteiger partial charge is 0.397 e. The zero-order valence-corrected chi connectivity index (χ0v) is 36.2. The number of rotatable bonds is 38. The van der Waals surface area contributed by atoms with Gasteiger partial charge in [0.15, 0.2) is 6.29 Å². The van der Waals surface area contributed by atoms with Crippen molar-refractivity contribution in [2.75, 3.05) is 26.4 Å². The molecule has 1 aliphatic rings. The molecular weight excluding hydrogens is 753 g/mol. The summed E-state index contributed by atoms with van der Waals surface area (Å²) in [6.45, 7) is 3.86. The second-order valence-electron chi connectivity index (χ2n) is 15.3. The lowest BCUT2D eigenvalue weighted by molar-refractivity contribution is -0.301. The van der Waals surface area contributed by atoms with Crippen LogP contribution in [0.25, 0.3) is 0 Å². The maximum absolute atomic E-state index is 12.8. The number of aliphatic hydroxyl groups excluding tert-OH is 3. The predicted octanol–water partition coefficient (Wildman–Crippen LogP) is 9.02. The molecule has 1 saturated heterocycles. The first-order chi connectivity index (χ1) is 27.6. The van der Waals surface area contributed by atoms with E-state index in [2.05, 4.69) is 54.5 Å². The molecule has 0 aliphatic carbocycles. The molecule has 4 N–H and O–H groups in total.